The Morgan fingerprint density at radius 1 is 1.34 bits per heavy atom. The summed E-state index contributed by atoms with van der Waals surface area (Å²) in [6, 6.07) is 7.15. The zero-order valence-electron chi connectivity index (χ0n) is 15.5. The van der Waals surface area contributed by atoms with E-state index in [9.17, 15) is 4.79 Å². The third-order valence-electron chi connectivity index (χ3n) is 3.78. The Kier molecular flexibility index (Phi) is 6.68. The van der Waals surface area contributed by atoms with Gasteiger partial charge in [0.2, 0.25) is 4.77 Å². The number of halogens is 1. The van der Waals surface area contributed by atoms with Gasteiger partial charge in [-0.05, 0) is 49.0 Å². The van der Waals surface area contributed by atoms with Crippen molar-refractivity contribution >= 4 is 29.7 Å². The van der Waals surface area contributed by atoms with Gasteiger partial charge >= 0.3 is 0 Å². The molecule has 152 valence electrons. The molecule has 0 unspecified atom stereocenters. The Balaban J connectivity index is 1.84. The third-order valence-corrected chi connectivity index (χ3v) is 4.33. The number of rotatable bonds is 9. The number of aromatic nitrogens is 4. The fourth-order valence-electron chi connectivity index (χ4n) is 2.58. The zero-order chi connectivity index (χ0) is 20.8. The lowest BCUT2D eigenvalue weighted by Crippen LogP contribution is -2.20. The molecule has 3 rings (SSSR count). The Bertz CT molecular complexity index is 1050. The first kappa shape index (κ1) is 20.6. The van der Waals surface area contributed by atoms with E-state index in [-0.39, 0.29) is 12.4 Å². The Labute approximate surface area is 176 Å². The number of amides is 1. The van der Waals surface area contributed by atoms with Gasteiger partial charge in [0.25, 0.3) is 5.91 Å². The van der Waals surface area contributed by atoms with Gasteiger partial charge in [-0.15, -0.1) is 0 Å². The van der Waals surface area contributed by atoms with Crippen molar-refractivity contribution in [2.24, 2.45) is 5.73 Å². The number of carbonyl (C=O) groups excluding carboxylic acids is 1. The van der Waals surface area contributed by atoms with Crippen LogP contribution in [0.3, 0.4) is 0 Å². The molecule has 0 radical (unpaired) electrons. The minimum Gasteiger partial charge on any atom is -0.490 e. The van der Waals surface area contributed by atoms with Crippen molar-refractivity contribution in [3.63, 3.8) is 0 Å². The number of aromatic amines is 1. The molecule has 0 aliphatic carbocycles. The summed E-state index contributed by atoms with van der Waals surface area (Å²) >= 11 is 11.6. The molecular weight excluding hydrogens is 416 g/mol. The molecule has 0 aliphatic heterocycles. The smallest absolute Gasteiger partial charge is 0.255 e. The van der Waals surface area contributed by atoms with Crippen LogP contribution in [0.4, 0.5) is 0 Å². The number of H-pyrrole nitrogens is 1. The number of pyridine rings is 1. The maximum atomic E-state index is 11.0. The monoisotopic (exact) mass is 434 g/mol. The van der Waals surface area contributed by atoms with Crippen LogP contribution in [-0.4, -0.2) is 39.0 Å². The number of nitrogens with two attached hydrogens (primary N) is 1. The normalized spacial score (nSPS) is 10.6. The molecule has 3 aromatic rings. The highest BCUT2D eigenvalue weighted by atomic mass is 35.5. The second-order valence-corrected chi connectivity index (χ2v) is 6.65. The van der Waals surface area contributed by atoms with E-state index in [1.807, 2.05) is 19.1 Å². The Hall–Kier alpha value is -3.11. The predicted octanol–water partition coefficient (Wildman–Crippen LogP) is 2.66. The molecule has 1 amide bonds. The highest BCUT2D eigenvalue weighted by Crippen LogP contribution is 2.36. The molecule has 1 aromatic carbocycles. The first-order valence-electron chi connectivity index (χ1n) is 8.67. The van der Waals surface area contributed by atoms with Crippen LogP contribution in [-0.2, 0) is 11.3 Å². The van der Waals surface area contributed by atoms with Gasteiger partial charge in [0.1, 0.15) is 0 Å². The summed E-state index contributed by atoms with van der Waals surface area (Å²) in [7, 11) is 0. The van der Waals surface area contributed by atoms with Crippen molar-refractivity contribution in [1.82, 2.24) is 19.9 Å². The molecule has 29 heavy (non-hydrogen) atoms. The summed E-state index contributed by atoms with van der Waals surface area (Å²) in [4.78, 5) is 15.0. The molecule has 0 atom stereocenters. The number of carbonyl (C=O) groups is 1. The largest absolute Gasteiger partial charge is 0.490 e. The van der Waals surface area contributed by atoms with Crippen LogP contribution in [0.2, 0.25) is 5.02 Å². The number of benzene rings is 1. The van der Waals surface area contributed by atoms with Crippen LogP contribution in [0.1, 0.15) is 12.5 Å². The van der Waals surface area contributed by atoms with Crippen molar-refractivity contribution in [1.29, 1.82) is 0 Å². The van der Waals surface area contributed by atoms with E-state index >= 15 is 0 Å². The molecule has 2 aromatic heterocycles. The van der Waals surface area contributed by atoms with Crippen LogP contribution >= 0.6 is 23.8 Å². The summed E-state index contributed by atoms with van der Waals surface area (Å²) in [6.45, 7) is 2.32. The van der Waals surface area contributed by atoms with E-state index in [0.29, 0.717) is 34.5 Å². The summed E-state index contributed by atoms with van der Waals surface area (Å²) in [5.74, 6) is 0.707. The molecule has 0 saturated carbocycles. The SMILES string of the molecule is CCOc1cc(CNn2c(-c3ccncc3)n[nH]c2=S)cc(Cl)c1OCC(N)=O. The van der Waals surface area contributed by atoms with Crippen molar-refractivity contribution in [3.05, 3.63) is 52.0 Å². The second kappa shape index (κ2) is 9.39. The molecule has 9 nitrogen and oxygen atoms in total. The second-order valence-electron chi connectivity index (χ2n) is 5.85. The van der Waals surface area contributed by atoms with Gasteiger partial charge in [0.05, 0.1) is 18.2 Å². The fourth-order valence-corrected chi connectivity index (χ4v) is 3.06. The van der Waals surface area contributed by atoms with E-state index in [1.54, 1.807) is 29.2 Å². The van der Waals surface area contributed by atoms with Gasteiger partial charge in [-0.1, -0.05) is 11.6 Å². The number of primary amides is 1. The average molecular weight is 435 g/mol. The molecule has 0 spiro atoms. The highest BCUT2D eigenvalue weighted by molar-refractivity contribution is 7.71. The van der Waals surface area contributed by atoms with E-state index in [0.717, 1.165) is 11.1 Å². The first-order chi connectivity index (χ1) is 14.0. The molecule has 0 fully saturated rings. The summed E-state index contributed by atoms with van der Waals surface area (Å²) in [5, 5.41) is 7.33. The van der Waals surface area contributed by atoms with Gasteiger partial charge in [-0.3, -0.25) is 9.78 Å². The molecule has 4 N–H and O–H groups in total. The molecule has 0 aliphatic rings. The lowest BCUT2D eigenvalue weighted by Gasteiger charge is -2.15. The van der Waals surface area contributed by atoms with Gasteiger partial charge < -0.3 is 20.6 Å². The standard InChI is InChI=1S/C18H19ClN6O3S/c1-2-27-14-8-11(7-13(19)16(14)28-10-15(20)26)9-22-25-17(23-24-18(25)29)12-3-5-21-6-4-12/h3-8,22H,2,9-10H2,1H3,(H2,20,26)(H,24,29). The maximum Gasteiger partial charge on any atom is 0.255 e. The van der Waals surface area contributed by atoms with Crippen LogP contribution in [0.25, 0.3) is 11.4 Å². The number of nitrogens with zero attached hydrogens (tertiary/aromatic N) is 3. The molecule has 2 heterocycles. The highest BCUT2D eigenvalue weighted by Gasteiger charge is 2.15. The summed E-state index contributed by atoms with van der Waals surface area (Å²) in [6.07, 6.45) is 3.35. The minimum atomic E-state index is -0.604. The van der Waals surface area contributed by atoms with Crippen molar-refractivity contribution < 1.29 is 14.3 Å². The van der Waals surface area contributed by atoms with E-state index in [4.69, 9.17) is 39.0 Å². The molecule has 0 bridgehead atoms. The average Bonchev–Trinajstić information content (AvgIpc) is 3.07. The van der Waals surface area contributed by atoms with Crippen LogP contribution in [0, 0.1) is 4.77 Å². The number of hydrogen-bond donors (Lipinski definition) is 3. The number of nitrogens with one attached hydrogen (secondary N) is 2. The lowest BCUT2D eigenvalue weighted by atomic mass is 10.2. The number of ether oxygens (including phenoxy) is 2. The maximum absolute atomic E-state index is 11.0. The third kappa shape index (κ3) is 5.04. The van der Waals surface area contributed by atoms with Gasteiger partial charge in [0, 0.05) is 18.0 Å². The lowest BCUT2D eigenvalue weighted by molar-refractivity contribution is -0.119. The summed E-state index contributed by atoms with van der Waals surface area (Å²) < 4.78 is 13.1. The van der Waals surface area contributed by atoms with Gasteiger partial charge in [-0.2, -0.15) is 5.10 Å². The van der Waals surface area contributed by atoms with Crippen LogP contribution in [0.5, 0.6) is 11.5 Å². The molecule has 11 heteroatoms. The molecule has 0 saturated heterocycles. The Morgan fingerprint density at radius 3 is 2.79 bits per heavy atom. The topological polar surface area (TPSA) is 120 Å². The van der Waals surface area contributed by atoms with E-state index in [2.05, 4.69) is 20.6 Å². The quantitative estimate of drug-likeness (QED) is 0.443. The van der Waals surface area contributed by atoms with Crippen molar-refractivity contribution in [2.75, 3.05) is 18.6 Å². The van der Waals surface area contributed by atoms with Gasteiger partial charge in [-0.25, -0.2) is 9.77 Å². The van der Waals surface area contributed by atoms with Gasteiger partial charge in [0.15, 0.2) is 23.9 Å². The summed E-state index contributed by atoms with van der Waals surface area (Å²) in [5.41, 5.74) is 10.0. The Morgan fingerprint density at radius 2 is 2.10 bits per heavy atom. The fraction of sp³-hybridized carbons (Fsp3) is 0.222. The first-order valence-corrected chi connectivity index (χ1v) is 9.46. The van der Waals surface area contributed by atoms with E-state index in [1.165, 1.54) is 0 Å². The van der Waals surface area contributed by atoms with Crippen molar-refractivity contribution in [2.45, 2.75) is 13.5 Å². The minimum absolute atomic E-state index is 0.272. The van der Waals surface area contributed by atoms with Crippen LogP contribution < -0.4 is 20.6 Å². The van der Waals surface area contributed by atoms with Crippen LogP contribution in [0.15, 0.2) is 36.7 Å². The number of hydrogen-bond acceptors (Lipinski definition) is 7. The van der Waals surface area contributed by atoms with Crippen molar-refractivity contribution in [3.8, 4) is 22.9 Å². The zero-order valence-corrected chi connectivity index (χ0v) is 17.1. The van der Waals surface area contributed by atoms with E-state index < -0.39 is 5.91 Å². The predicted molar refractivity (Wildman–Crippen MR) is 111 cm³/mol. The molecular formula is C18H19ClN6O3S.